The highest BCUT2D eigenvalue weighted by atomic mass is 127. The molecule has 1 amide bonds. The van der Waals surface area contributed by atoms with E-state index in [4.69, 9.17) is 4.74 Å². The van der Waals surface area contributed by atoms with Crippen LogP contribution in [0.25, 0.3) is 0 Å². The van der Waals surface area contributed by atoms with Gasteiger partial charge in [-0.25, -0.2) is 0 Å². The van der Waals surface area contributed by atoms with E-state index in [-0.39, 0.29) is 35.8 Å². The van der Waals surface area contributed by atoms with Gasteiger partial charge < -0.3 is 20.3 Å². The molecule has 0 aliphatic carbocycles. The minimum Gasteiger partial charge on any atom is -0.496 e. The molecule has 2 rings (SSSR count). The SMILES string of the molecule is CN=C(NCCc1cccc(C(=O)N(C)C)c1)NCC(C)c1ccccc1OC.I. The Balaban J connectivity index is 0.00000450. The van der Waals surface area contributed by atoms with Crippen molar-refractivity contribution in [2.75, 3.05) is 41.3 Å². The fourth-order valence-electron chi connectivity index (χ4n) is 3.10. The smallest absolute Gasteiger partial charge is 0.253 e. The zero-order chi connectivity index (χ0) is 21.2. The van der Waals surface area contributed by atoms with Gasteiger partial charge in [0.25, 0.3) is 5.91 Å². The average molecular weight is 524 g/mol. The van der Waals surface area contributed by atoms with Crippen molar-refractivity contribution in [3.63, 3.8) is 0 Å². The fraction of sp³-hybridized carbons (Fsp3) is 0.391. The number of methoxy groups -OCH3 is 1. The van der Waals surface area contributed by atoms with Crippen molar-refractivity contribution in [2.24, 2.45) is 4.99 Å². The van der Waals surface area contributed by atoms with Gasteiger partial charge >= 0.3 is 0 Å². The van der Waals surface area contributed by atoms with Crippen LogP contribution in [0.4, 0.5) is 0 Å². The first-order chi connectivity index (χ1) is 14.0. The molecule has 1 unspecified atom stereocenters. The molecule has 0 radical (unpaired) electrons. The highest BCUT2D eigenvalue weighted by Crippen LogP contribution is 2.25. The Bertz CT molecular complexity index is 839. The number of guanidine groups is 1. The van der Waals surface area contributed by atoms with E-state index >= 15 is 0 Å². The molecule has 0 spiro atoms. The van der Waals surface area contributed by atoms with E-state index in [2.05, 4.69) is 28.6 Å². The number of aliphatic imine (C=N–C) groups is 1. The Labute approximate surface area is 197 Å². The number of carbonyl (C=O) groups is 1. The second-order valence-corrected chi connectivity index (χ2v) is 7.17. The summed E-state index contributed by atoms with van der Waals surface area (Å²) >= 11 is 0. The van der Waals surface area contributed by atoms with Gasteiger partial charge in [-0.15, -0.1) is 24.0 Å². The Morgan fingerprint density at radius 2 is 1.87 bits per heavy atom. The predicted octanol–water partition coefficient (Wildman–Crippen LogP) is 3.53. The maximum Gasteiger partial charge on any atom is 0.253 e. The van der Waals surface area contributed by atoms with Crippen LogP contribution in [0.15, 0.2) is 53.5 Å². The number of hydrogen-bond acceptors (Lipinski definition) is 3. The number of ether oxygens (including phenoxy) is 1. The van der Waals surface area contributed by atoms with Gasteiger partial charge in [-0.3, -0.25) is 9.79 Å². The summed E-state index contributed by atoms with van der Waals surface area (Å²) in [6.45, 7) is 3.63. The van der Waals surface area contributed by atoms with Crippen molar-refractivity contribution in [3.05, 3.63) is 65.2 Å². The van der Waals surface area contributed by atoms with Gasteiger partial charge in [0.1, 0.15) is 5.75 Å². The van der Waals surface area contributed by atoms with Gasteiger partial charge in [0.15, 0.2) is 5.96 Å². The molecule has 0 heterocycles. The summed E-state index contributed by atoms with van der Waals surface area (Å²) in [6, 6.07) is 15.8. The molecule has 7 heteroatoms. The number of para-hydroxylation sites is 1. The molecule has 0 fully saturated rings. The van der Waals surface area contributed by atoms with Crippen LogP contribution in [-0.4, -0.2) is 58.1 Å². The van der Waals surface area contributed by atoms with Crippen LogP contribution in [0, 0.1) is 0 Å². The first kappa shape index (κ1) is 25.7. The summed E-state index contributed by atoms with van der Waals surface area (Å²) in [5.74, 6) is 1.95. The topological polar surface area (TPSA) is 66.0 Å². The van der Waals surface area contributed by atoms with Gasteiger partial charge in [-0.1, -0.05) is 37.3 Å². The number of carbonyl (C=O) groups excluding carboxylic acids is 1. The summed E-state index contributed by atoms with van der Waals surface area (Å²) in [7, 11) is 6.98. The molecule has 0 aliphatic heterocycles. The molecule has 0 aromatic heterocycles. The quantitative estimate of drug-likeness (QED) is 0.315. The second-order valence-electron chi connectivity index (χ2n) is 7.17. The standard InChI is InChI=1S/C23H32N4O2.HI/c1-17(20-11-6-7-12-21(20)29-5)16-26-23(24-2)25-14-13-18-9-8-10-19(15-18)22(28)27(3)4;/h6-12,15,17H,13-14,16H2,1-5H3,(H2,24,25,26);1H. The van der Waals surface area contributed by atoms with Gasteiger partial charge in [0.2, 0.25) is 0 Å². The van der Waals surface area contributed by atoms with Crippen LogP contribution in [-0.2, 0) is 6.42 Å². The Morgan fingerprint density at radius 1 is 1.13 bits per heavy atom. The lowest BCUT2D eigenvalue weighted by Crippen LogP contribution is -2.40. The highest BCUT2D eigenvalue weighted by Gasteiger charge is 2.12. The van der Waals surface area contributed by atoms with Gasteiger partial charge in [0, 0.05) is 45.7 Å². The van der Waals surface area contributed by atoms with Gasteiger partial charge in [-0.05, 0) is 35.7 Å². The predicted molar refractivity (Wildman–Crippen MR) is 134 cm³/mol. The molecule has 164 valence electrons. The highest BCUT2D eigenvalue weighted by molar-refractivity contribution is 14.0. The minimum atomic E-state index is 0. The van der Waals surface area contributed by atoms with Crippen molar-refractivity contribution < 1.29 is 9.53 Å². The van der Waals surface area contributed by atoms with Crippen molar-refractivity contribution in [1.29, 1.82) is 0 Å². The molecular formula is C23H33IN4O2. The molecule has 1 atom stereocenters. The Hall–Kier alpha value is -2.29. The molecule has 30 heavy (non-hydrogen) atoms. The lowest BCUT2D eigenvalue weighted by molar-refractivity contribution is 0.0827. The molecule has 6 nitrogen and oxygen atoms in total. The molecular weight excluding hydrogens is 491 g/mol. The largest absolute Gasteiger partial charge is 0.496 e. The molecule has 0 saturated heterocycles. The molecule has 2 N–H and O–H groups in total. The summed E-state index contributed by atoms with van der Waals surface area (Å²) < 4.78 is 5.45. The van der Waals surface area contributed by atoms with Crippen LogP contribution in [0.5, 0.6) is 5.75 Å². The third-order valence-electron chi connectivity index (χ3n) is 4.76. The van der Waals surface area contributed by atoms with Crippen molar-refractivity contribution in [2.45, 2.75) is 19.3 Å². The molecule has 0 bridgehead atoms. The van der Waals surface area contributed by atoms with Gasteiger partial charge in [0.05, 0.1) is 7.11 Å². The first-order valence-electron chi connectivity index (χ1n) is 9.84. The number of nitrogens with zero attached hydrogens (tertiary/aromatic N) is 2. The van der Waals surface area contributed by atoms with Crippen LogP contribution in [0.3, 0.4) is 0 Å². The zero-order valence-electron chi connectivity index (χ0n) is 18.4. The summed E-state index contributed by atoms with van der Waals surface area (Å²) in [5, 5.41) is 6.71. The van der Waals surface area contributed by atoms with Crippen LogP contribution >= 0.6 is 24.0 Å². The maximum atomic E-state index is 12.1. The summed E-state index contributed by atoms with van der Waals surface area (Å²) in [5.41, 5.74) is 2.99. The maximum absolute atomic E-state index is 12.1. The van der Waals surface area contributed by atoms with E-state index in [0.29, 0.717) is 5.56 Å². The summed E-state index contributed by atoms with van der Waals surface area (Å²) in [6.07, 6.45) is 0.803. The first-order valence-corrected chi connectivity index (χ1v) is 9.84. The van der Waals surface area contributed by atoms with Crippen molar-refractivity contribution in [3.8, 4) is 5.75 Å². The summed E-state index contributed by atoms with van der Waals surface area (Å²) in [4.78, 5) is 18.0. The van der Waals surface area contributed by atoms with Crippen LogP contribution < -0.4 is 15.4 Å². The Kier molecular flexibility index (Phi) is 11.2. The molecule has 2 aromatic rings. The Morgan fingerprint density at radius 3 is 2.53 bits per heavy atom. The normalized spacial score (nSPS) is 11.8. The van der Waals surface area contributed by atoms with E-state index in [1.54, 1.807) is 33.2 Å². The second kappa shape index (κ2) is 13.1. The number of benzene rings is 2. The molecule has 0 aliphatic rings. The minimum absolute atomic E-state index is 0. The average Bonchev–Trinajstić information content (AvgIpc) is 2.75. The third kappa shape index (κ3) is 7.51. The number of amides is 1. The lowest BCUT2D eigenvalue weighted by atomic mass is 10.0. The third-order valence-corrected chi connectivity index (χ3v) is 4.76. The van der Waals surface area contributed by atoms with Crippen LogP contribution in [0.2, 0.25) is 0 Å². The van der Waals surface area contributed by atoms with Crippen molar-refractivity contribution >= 4 is 35.8 Å². The van der Waals surface area contributed by atoms with Gasteiger partial charge in [-0.2, -0.15) is 0 Å². The number of rotatable bonds is 8. The molecule has 0 saturated carbocycles. The van der Waals surface area contributed by atoms with E-state index in [1.807, 2.05) is 42.5 Å². The molecule has 2 aromatic carbocycles. The zero-order valence-corrected chi connectivity index (χ0v) is 20.8. The van der Waals surface area contributed by atoms with Crippen molar-refractivity contribution in [1.82, 2.24) is 15.5 Å². The lowest BCUT2D eigenvalue weighted by Gasteiger charge is -2.18. The van der Waals surface area contributed by atoms with E-state index in [1.165, 1.54) is 5.56 Å². The van der Waals surface area contributed by atoms with E-state index in [9.17, 15) is 4.79 Å². The van der Waals surface area contributed by atoms with Crippen LogP contribution in [0.1, 0.15) is 34.3 Å². The number of nitrogens with one attached hydrogen (secondary N) is 2. The van der Waals surface area contributed by atoms with E-state index < -0.39 is 0 Å². The monoisotopic (exact) mass is 524 g/mol. The number of halogens is 1. The fourth-order valence-corrected chi connectivity index (χ4v) is 3.10. The number of hydrogen-bond donors (Lipinski definition) is 2. The van der Waals surface area contributed by atoms with E-state index in [0.717, 1.165) is 36.8 Å².